The zero-order chi connectivity index (χ0) is 16.2. The van der Waals surface area contributed by atoms with Gasteiger partial charge < -0.3 is 9.88 Å². The lowest BCUT2D eigenvalue weighted by atomic mass is 9.90. The van der Waals surface area contributed by atoms with Crippen LogP contribution in [0.5, 0.6) is 0 Å². The minimum atomic E-state index is 0.467. The Morgan fingerprint density at radius 2 is 1.86 bits per heavy atom. The van der Waals surface area contributed by atoms with Crippen LogP contribution in [-0.4, -0.2) is 17.2 Å². The Bertz CT molecular complexity index is 589. The standard InChI is InChI=1S/C20H32N2/c1-16(21-13-9-8-12-20(2,3)4)14-17-15-22(5)19-11-7-6-10-18(17)19/h6-7,10-11,15-16,21H,8-9,12-14H2,1-5H3. The summed E-state index contributed by atoms with van der Waals surface area (Å²) in [7, 11) is 2.14. The molecule has 0 aliphatic heterocycles. The number of benzene rings is 1. The number of nitrogens with zero attached hydrogens (tertiary/aromatic N) is 1. The van der Waals surface area contributed by atoms with E-state index in [1.54, 1.807) is 0 Å². The molecular weight excluding hydrogens is 268 g/mol. The van der Waals surface area contributed by atoms with Crippen molar-refractivity contribution in [2.75, 3.05) is 6.54 Å². The van der Waals surface area contributed by atoms with Crippen molar-refractivity contribution in [1.29, 1.82) is 0 Å². The van der Waals surface area contributed by atoms with Gasteiger partial charge in [0.1, 0.15) is 0 Å². The molecule has 0 bridgehead atoms. The van der Waals surface area contributed by atoms with Gasteiger partial charge in [-0.2, -0.15) is 0 Å². The van der Waals surface area contributed by atoms with Gasteiger partial charge in [0.2, 0.25) is 0 Å². The van der Waals surface area contributed by atoms with Gasteiger partial charge in [-0.15, -0.1) is 0 Å². The Morgan fingerprint density at radius 3 is 2.59 bits per heavy atom. The minimum absolute atomic E-state index is 0.467. The van der Waals surface area contributed by atoms with Gasteiger partial charge in [0.05, 0.1) is 0 Å². The van der Waals surface area contributed by atoms with Gasteiger partial charge in [-0.05, 0) is 49.8 Å². The average Bonchev–Trinajstić information content (AvgIpc) is 2.74. The van der Waals surface area contributed by atoms with Gasteiger partial charge in [0.15, 0.2) is 0 Å². The lowest BCUT2D eigenvalue weighted by Gasteiger charge is -2.18. The van der Waals surface area contributed by atoms with E-state index in [0.29, 0.717) is 11.5 Å². The summed E-state index contributed by atoms with van der Waals surface area (Å²) < 4.78 is 2.24. The van der Waals surface area contributed by atoms with Gasteiger partial charge in [0.25, 0.3) is 0 Å². The summed E-state index contributed by atoms with van der Waals surface area (Å²) in [5, 5.41) is 5.08. The summed E-state index contributed by atoms with van der Waals surface area (Å²) in [6.07, 6.45) is 7.28. The first kappa shape index (κ1) is 17.1. The van der Waals surface area contributed by atoms with Crippen LogP contribution in [0.15, 0.2) is 30.5 Å². The molecule has 22 heavy (non-hydrogen) atoms. The molecule has 0 saturated carbocycles. The van der Waals surface area contributed by atoms with Crippen LogP contribution in [-0.2, 0) is 13.5 Å². The number of unbranched alkanes of at least 4 members (excludes halogenated alkanes) is 1. The Balaban J connectivity index is 1.80. The van der Waals surface area contributed by atoms with Crippen molar-refractivity contribution < 1.29 is 0 Å². The Labute approximate surface area is 135 Å². The first-order valence-electron chi connectivity index (χ1n) is 8.63. The normalized spacial score (nSPS) is 13.7. The van der Waals surface area contributed by atoms with E-state index in [4.69, 9.17) is 0 Å². The molecule has 0 saturated heterocycles. The monoisotopic (exact) mass is 300 g/mol. The van der Waals surface area contributed by atoms with Gasteiger partial charge in [-0.1, -0.05) is 45.4 Å². The predicted octanol–water partition coefficient (Wildman–Crippen LogP) is 4.92. The van der Waals surface area contributed by atoms with Crippen molar-refractivity contribution in [3.63, 3.8) is 0 Å². The van der Waals surface area contributed by atoms with E-state index in [9.17, 15) is 0 Å². The highest BCUT2D eigenvalue weighted by Gasteiger charge is 2.11. The molecule has 0 aliphatic rings. The number of nitrogens with one attached hydrogen (secondary N) is 1. The van der Waals surface area contributed by atoms with Crippen LogP contribution in [0.4, 0.5) is 0 Å². The van der Waals surface area contributed by atoms with E-state index in [2.05, 4.69) is 75.1 Å². The van der Waals surface area contributed by atoms with Crippen LogP contribution in [0.3, 0.4) is 0 Å². The fraction of sp³-hybridized carbons (Fsp3) is 0.600. The van der Waals surface area contributed by atoms with Crippen molar-refractivity contribution in [2.24, 2.45) is 12.5 Å². The molecule has 122 valence electrons. The predicted molar refractivity (Wildman–Crippen MR) is 97.4 cm³/mol. The largest absolute Gasteiger partial charge is 0.350 e. The van der Waals surface area contributed by atoms with E-state index in [-0.39, 0.29) is 0 Å². The summed E-state index contributed by atoms with van der Waals surface area (Å²) in [5.41, 5.74) is 3.25. The van der Waals surface area contributed by atoms with Crippen molar-refractivity contribution in [2.45, 2.75) is 59.4 Å². The zero-order valence-corrected chi connectivity index (χ0v) is 14.9. The van der Waals surface area contributed by atoms with Crippen LogP contribution >= 0.6 is 0 Å². The molecule has 0 amide bonds. The van der Waals surface area contributed by atoms with Crippen molar-refractivity contribution in [3.8, 4) is 0 Å². The topological polar surface area (TPSA) is 17.0 Å². The van der Waals surface area contributed by atoms with E-state index in [1.165, 1.54) is 35.7 Å². The molecule has 0 radical (unpaired) electrons. The second-order valence-electron chi connectivity index (χ2n) is 7.86. The first-order chi connectivity index (χ1) is 10.4. The highest BCUT2D eigenvalue weighted by molar-refractivity contribution is 5.83. The van der Waals surface area contributed by atoms with Gasteiger partial charge in [-0.3, -0.25) is 0 Å². The lowest BCUT2D eigenvalue weighted by Crippen LogP contribution is -2.29. The number of rotatable bonds is 7. The van der Waals surface area contributed by atoms with Crippen LogP contribution < -0.4 is 5.32 Å². The number of hydrogen-bond acceptors (Lipinski definition) is 1. The summed E-state index contributed by atoms with van der Waals surface area (Å²) in [6, 6.07) is 9.21. The zero-order valence-electron chi connectivity index (χ0n) is 14.9. The molecule has 0 spiro atoms. The summed E-state index contributed by atoms with van der Waals surface area (Å²) >= 11 is 0. The minimum Gasteiger partial charge on any atom is -0.350 e. The smallest absolute Gasteiger partial charge is 0.0480 e. The second-order valence-corrected chi connectivity index (χ2v) is 7.86. The number of fused-ring (bicyclic) bond motifs is 1. The molecule has 2 heteroatoms. The number of para-hydroxylation sites is 1. The molecule has 1 N–H and O–H groups in total. The third kappa shape index (κ3) is 4.88. The van der Waals surface area contributed by atoms with Crippen molar-refractivity contribution in [3.05, 3.63) is 36.0 Å². The third-order valence-electron chi connectivity index (χ3n) is 4.35. The number of hydrogen-bond donors (Lipinski definition) is 1. The molecule has 2 nitrogen and oxygen atoms in total. The SMILES string of the molecule is CC(Cc1cn(C)c2ccccc12)NCCCCC(C)(C)C. The Morgan fingerprint density at radius 1 is 1.14 bits per heavy atom. The van der Waals surface area contributed by atoms with Crippen LogP contribution in [0.25, 0.3) is 10.9 Å². The van der Waals surface area contributed by atoms with E-state index in [0.717, 1.165) is 13.0 Å². The van der Waals surface area contributed by atoms with Crippen LogP contribution in [0.2, 0.25) is 0 Å². The van der Waals surface area contributed by atoms with Gasteiger partial charge >= 0.3 is 0 Å². The molecule has 1 heterocycles. The molecule has 0 fully saturated rings. The third-order valence-corrected chi connectivity index (χ3v) is 4.35. The van der Waals surface area contributed by atoms with Crippen molar-refractivity contribution in [1.82, 2.24) is 9.88 Å². The lowest BCUT2D eigenvalue weighted by molar-refractivity contribution is 0.356. The van der Waals surface area contributed by atoms with Crippen molar-refractivity contribution >= 4 is 10.9 Å². The quantitative estimate of drug-likeness (QED) is 0.718. The maximum Gasteiger partial charge on any atom is 0.0480 e. The van der Waals surface area contributed by atoms with E-state index >= 15 is 0 Å². The average molecular weight is 300 g/mol. The highest BCUT2D eigenvalue weighted by atomic mass is 14.9. The molecule has 1 atom stereocenters. The molecule has 1 unspecified atom stereocenters. The molecule has 1 aromatic carbocycles. The Kier molecular flexibility index (Phi) is 5.69. The first-order valence-corrected chi connectivity index (χ1v) is 8.63. The Hall–Kier alpha value is -1.28. The van der Waals surface area contributed by atoms with Gasteiger partial charge in [-0.25, -0.2) is 0 Å². The number of aromatic nitrogens is 1. The fourth-order valence-corrected chi connectivity index (χ4v) is 3.12. The molecule has 2 aromatic rings. The maximum atomic E-state index is 3.68. The fourth-order valence-electron chi connectivity index (χ4n) is 3.12. The summed E-state index contributed by atoms with van der Waals surface area (Å²) in [5.74, 6) is 0. The maximum absolute atomic E-state index is 3.68. The second kappa shape index (κ2) is 7.32. The highest BCUT2D eigenvalue weighted by Crippen LogP contribution is 2.22. The van der Waals surface area contributed by atoms with Gasteiger partial charge in [0, 0.05) is 30.2 Å². The molecule has 2 rings (SSSR count). The van der Waals surface area contributed by atoms with E-state index in [1.807, 2.05) is 0 Å². The molecule has 0 aliphatic carbocycles. The molecule has 1 aromatic heterocycles. The molecular formula is C20H32N2. The summed E-state index contributed by atoms with van der Waals surface area (Å²) in [4.78, 5) is 0. The van der Waals surface area contributed by atoms with E-state index < -0.39 is 0 Å². The van der Waals surface area contributed by atoms with Crippen LogP contribution in [0, 0.1) is 5.41 Å². The summed E-state index contributed by atoms with van der Waals surface area (Å²) in [6.45, 7) is 10.4. The number of aryl methyl sites for hydroxylation is 1. The van der Waals surface area contributed by atoms with Crippen LogP contribution in [0.1, 0.15) is 52.5 Å².